The van der Waals surface area contributed by atoms with Gasteiger partial charge in [0.15, 0.2) is 6.10 Å². The number of methoxy groups -OCH3 is 1. The summed E-state index contributed by atoms with van der Waals surface area (Å²) in [6, 6.07) is 6.50. The van der Waals surface area contributed by atoms with Gasteiger partial charge in [-0.1, -0.05) is 19.1 Å². The number of hydrogen-bond acceptors (Lipinski definition) is 6. The van der Waals surface area contributed by atoms with E-state index in [0.29, 0.717) is 12.2 Å². The highest BCUT2D eigenvalue weighted by Crippen LogP contribution is 2.20. The second kappa shape index (κ2) is 8.73. The molecule has 4 amide bonds. The second-order valence-electron chi connectivity index (χ2n) is 6.71. The Morgan fingerprint density at radius 1 is 1.25 bits per heavy atom. The summed E-state index contributed by atoms with van der Waals surface area (Å²) in [6.45, 7) is 4.48. The van der Waals surface area contributed by atoms with Crippen LogP contribution in [-0.2, 0) is 25.7 Å². The van der Waals surface area contributed by atoms with Crippen LogP contribution < -0.4 is 15.4 Å². The van der Waals surface area contributed by atoms with E-state index in [1.54, 1.807) is 45.2 Å². The minimum absolute atomic E-state index is 0.257. The number of hydrogen-bond donors (Lipinski definition) is 2. The molecule has 28 heavy (non-hydrogen) atoms. The zero-order valence-electron chi connectivity index (χ0n) is 16.4. The highest BCUT2D eigenvalue weighted by molar-refractivity contribution is 6.08. The number of benzene rings is 1. The molecule has 152 valence electrons. The monoisotopic (exact) mass is 391 g/mol. The number of nitrogens with one attached hydrogen (secondary N) is 2. The van der Waals surface area contributed by atoms with Gasteiger partial charge in [-0.15, -0.1) is 0 Å². The van der Waals surface area contributed by atoms with E-state index in [-0.39, 0.29) is 6.54 Å². The Balaban J connectivity index is 1.83. The number of ether oxygens (including phenoxy) is 2. The van der Waals surface area contributed by atoms with E-state index < -0.39 is 42.0 Å². The van der Waals surface area contributed by atoms with Crippen molar-refractivity contribution in [2.24, 2.45) is 0 Å². The average molecular weight is 391 g/mol. The molecule has 1 heterocycles. The molecule has 0 aromatic heterocycles. The molecule has 9 heteroatoms. The number of rotatable bonds is 8. The molecule has 0 spiro atoms. The molecule has 0 bridgehead atoms. The number of carbonyl (C=O) groups is 4. The van der Waals surface area contributed by atoms with Gasteiger partial charge < -0.3 is 20.1 Å². The highest BCUT2D eigenvalue weighted by atomic mass is 16.5. The minimum Gasteiger partial charge on any atom is -0.497 e. The summed E-state index contributed by atoms with van der Waals surface area (Å²) in [7, 11) is 1.56. The Kier molecular flexibility index (Phi) is 6.61. The maximum atomic E-state index is 12.3. The van der Waals surface area contributed by atoms with E-state index in [4.69, 9.17) is 9.47 Å². The number of imide groups is 1. The van der Waals surface area contributed by atoms with Gasteiger partial charge in [0.05, 0.1) is 7.11 Å². The van der Waals surface area contributed by atoms with E-state index in [1.165, 1.54) is 6.92 Å². The zero-order valence-corrected chi connectivity index (χ0v) is 16.4. The van der Waals surface area contributed by atoms with Gasteiger partial charge in [-0.25, -0.2) is 4.79 Å². The molecule has 9 nitrogen and oxygen atoms in total. The zero-order chi connectivity index (χ0) is 20.9. The lowest BCUT2D eigenvalue weighted by atomic mass is 9.99. The van der Waals surface area contributed by atoms with Crippen molar-refractivity contribution in [1.82, 2.24) is 15.5 Å². The summed E-state index contributed by atoms with van der Waals surface area (Å²) < 4.78 is 10.1. The van der Waals surface area contributed by atoms with Crippen molar-refractivity contribution in [1.29, 1.82) is 0 Å². The maximum Gasteiger partial charge on any atom is 0.327 e. The van der Waals surface area contributed by atoms with Gasteiger partial charge in [0.1, 0.15) is 17.8 Å². The van der Waals surface area contributed by atoms with Crippen molar-refractivity contribution in [2.45, 2.75) is 45.4 Å². The largest absolute Gasteiger partial charge is 0.497 e. The summed E-state index contributed by atoms with van der Waals surface area (Å²) >= 11 is 0. The van der Waals surface area contributed by atoms with E-state index in [2.05, 4.69) is 10.6 Å². The third kappa shape index (κ3) is 4.79. The van der Waals surface area contributed by atoms with Gasteiger partial charge in [0, 0.05) is 6.54 Å². The number of amides is 4. The fourth-order valence-corrected chi connectivity index (χ4v) is 2.62. The number of nitrogens with zero attached hydrogens (tertiary/aromatic N) is 1. The normalized spacial score (nSPS) is 19.8. The van der Waals surface area contributed by atoms with Crippen LogP contribution in [-0.4, -0.2) is 54.0 Å². The summed E-state index contributed by atoms with van der Waals surface area (Å²) in [6.07, 6.45) is -0.670. The van der Waals surface area contributed by atoms with Crippen LogP contribution in [0.5, 0.6) is 5.75 Å². The Morgan fingerprint density at radius 3 is 2.43 bits per heavy atom. The van der Waals surface area contributed by atoms with Crippen LogP contribution in [0.15, 0.2) is 24.3 Å². The molecule has 1 saturated heterocycles. The molecular formula is C19H25N3O6. The Morgan fingerprint density at radius 2 is 1.89 bits per heavy atom. The van der Waals surface area contributed by atoms with Crippen molar-refractivity contribution in [3.05, 3.63) is 29.8 Å². The Bertz CT molecular complexity index is 763. The first kappa shape index (κ1) is 21.2. The summed E-state index contributed by atoms with van der Waals surface area (Å²) in [5, 5.41) is 5.21. The molecule has 0 unspecified atom stereocenters. The molecule has 1 aliphatic heterocycles. The number of carbonyl (C=O) groups excluding carboxylic acids is 4. The third-order valence-electron chi connectivity index (χ3n) is 4.64. The molecule has 0 aliphatic carbocycles. The van der Waals surface area contributed by atoms with Crippen molar-refractivity contribution in [3.63, 3.8) is 0 Å². The molecule has 2 rings (SSSR count). The first-order valence-electron chi connectivity index (χ1n) is 8.94. The van der Waals surface area contributed by atoms with Crippen LogP contribution in [0.4, 0.5) is 4.79 Å². The fraction of sp³-hybridized carbons (Fsp3) is 0.474. The number of urea groups is 1. The van der Waals surface area contributed by atoms with Crippen LogP contribution in [0.25, 0.3) is 0 Å². The van der Waals surface area contributed by atoms with Crippen LogP contribution in [0.2, 0.25) is 0 Å². The van der Waals surface area contributed by atoms with Crippen molar-refractivity contribution >= 4 is 23.8 Å². The van der Waals surface area contributed by atoms with Crippen LogP contribution in [0.3, 0.4) is 0 Å². The Hall–Kier alpha value is -3.10. The standard InChI is InChI=1S/C19H25N3O6/c1-5-19(3)17(25)22(18(26)21-19)11-15(23)28-12(2)16(24)20-10-13-6-8-14(27-4)9-7-13/h6-9,12H,5,10-11H2,1-4H3,(H,20,24)(H,21,26)/t12-,19+/m0/s1. The Labute approximate surface area is 163 Å². The van der Waals surface area contributed by atoms with Gasteiger partial charge in [-0.05, 0) is 38.0 Å². The predicted molar refractivity (Wildman–Crippen MR) is 99.3 cm³/mol. The molecule has 2 N–H and O–H groups in total. The molecule has 0 saturated carbocycles. The van der Waals surface area contributed by atoms with Crippen LogP contribution in [0, 0.1) is 0 Å². The molecule has 1 aromatic carbocycles. The fourth-order valence-electron chi connectivity index (χ4n) is 2.62. The van der Waals surface area contributed by atoms with Crippen LogP contribution in [0.1, 0.15) is 32.8 Å². The smallest absolute Gasteiger partial charge is 0.327 e. The molecular weight excluding hydrogens is 366 g/mol. The lowest BCUT2D eigenvalue weighted by molar-refractivity contribution is -0.156. The SMILES string of the molecule is CC[C@@]1(C)NC(=O)N(CC(=O)O[C@@H](C)C(=O)NCc2ccc(OC)cc2)C1=O. The maximum absolute atomic E-state index is 12.3. The van der Waals surface area contributed by atoms with Gasteiger partial charge in [-0.2, -0.15) is 0 Å². The molecule has 2 atom stereocenters. The topological polar surface area (TPSA) is 114 Å². The van der Waals surface area contributed by atoms with Gasteiger partial charge >= 0.3 is 12.0 Å². The number of esters is 1. The van der Waals surface area contributed by atoms with E-state index in [9.17, 15) is 19.2 Å². The molecule has 0 radical (unpaired) electrons. The summed E-state index contributed by atoms with van der Waals surface area (Å²) in [4.78, 5) is 49.2. The van der Waals surface area contributed by atoms with Gasteiger partial charge in [0.25, 0.3) is 11.8 Å². The third-order valence-corrected chi connectivity index (χ3v) is 4.64. The van der Waals surface area contributed by atoms with Crippen molar-refractivity contribution in [2.75, 3.05) is 13.7 Å². The highest BCUT2D eigenvalue weighted by Gasteiger charge is 2.47. The molecule has 1 aliphatic rings. The summed E-state index contributed by atoms with van der Waals surface area (Å²) in [5.74, 6) is -1.11. The second-order valence-corrected chi connectivity index (χ2v) is 6.71. The lowest BCUT2D eigenvalue weighted by Gasteiger charge is -2.19. The van der Waals surface area contributed by atoms with E-state index in [1.807, 2.05) is 0 Å². The first-order valence-corrected chi connectivity index (χ1v) is 8.94. The molecule has 1 fully saturated rings. The summed E-state index contributed by atoms with van der Waals surface area (Å²) in [5.41, 5.74) is -0.176. The van der Waals surface area contributed by atoms with Crippen molar-refractivity contribution in [3.8, 4) is 5.75 Å². The quantitative estimate of drug-likeness (QED) is 0.504. The van der Waals surface area contributed by atoms with Crippen LogP contribution >= 0.6 is 0 Å². The van der Waals surface area contributed by atoms with Gasteiger partial charge in [0.2, 0.25) is 0 Å². The average Bonchev–Trinajstić information content (AvgIpc) is 2.90. The van der Waals surface area contributed by atoms with E-state index >= 15 is 0 Å². The predicted octanol–water partition coefficient (Wildman–Crippen LogP) is 0.964. The molecule has 1 aromatic rings. The van der Waals surface area contributed by atoms with E-state index in [0.717, 1.165) is 10.5 Å². The van der Waals surface area contributed by atoms with Gasteiger partial charge in [-0.3, -0.25) is 19.3 Å². The van der Waals surface area contributed by atoms with Crippen molar-refractivity contribution < 1.29 is 28.7 Å². The lowest BCUT2D eigenvalue weighted by Crippen LogP contribution is -2.44. The first-order chi connectivity index (χ1) is 13.2. The minimum atomic E-state index is -1.07.